The second kappa shape index (κ2) is 6.79. The minimum absolute atomic E-state index is 0.348. The first-order chi connectivity index (χ1) is 8.46. The number of hydrogen-bond acceptors (Lipinski definition) is 2. The third-order valence-corrected chi connectivity index (χ3v) is 3.05. The van der Waals surface area contributed by atoms with Gasteiger partial charge < -0.3 is 10.2 Å². The number of rotatable bonds is 6. The zero-order valence-electron chi connectivity index (χ0n) is 12.6. The van der Waals surface area contributed by atoms with Crippen molar-refractivity contribution in [2.24, 2.45) is 5.41 Å². The summed E-state index contributed by atoms with van der Waals surface area (Å²) in [5, 5.41) is 3.50. The number of hydrogen-bond donors (Lipinski definition) is 1. The maximum Gasteiger partial charge on any atom is 0.0366 e. The van der Waals surface area contributed by atoms with Crippen LogP contribution in [-0.4, -0.2) is 19.6 Å². The van der Waals surface area contributed by atoms with Crippen LogP contribution in [0.3, 0.4) is 0 Å². The zero-order valence-corrected chi connectivity index (χ0v) is 12.6. The van der Waals surface area contributed by atoms with Gasteiger partial charge in [0.2, 0.25) is 0 Å². The van der Waals surface area contributed by atoms with E-state index in [0.717, 1.165) is 26.2 Å². The van der Waals surface area contributed by atoms with Crippen LogP contribution >= 0.6 is 0 Å². The molecule has 0 aliphatic rings. The molecular weight excluding hydrogens is 220 g/mol. The molecule has 0 radical (unpaired) electrons. The lowest BCUT2D eigenvalue weighted by atomic mass is 9.97. The highest BCUT2D eigenvalue weighted by molar-refractivity contribution is 5.47. The predicted molar refractivity (Wildman–Crippen MR) is 81.2 cm³/mol. The summed E-state index contributed by atoms with van der Waals surface area (Å²) in [4.78, 5) is 2.37. The minimum Gasteiger partial charge on any atom is -0.372 e. The molecule has 1 aromatic carbocycles. The van der Waals surface area contributed by atoms with Crippen molar-refractivity contribution in [2.45, 2.75) is 41.2 Å². The summed E-state index contributed by atoms with van der Waals surface area (Å²) >= 11 is 0. The summed E-state index contributed by atoms with van der Waals surface area (Å²) in [6, 6.07) is 8.90. The van der Waals surface area contributed by atoms with E-state index in [9.17, 15) is 0 Å². The molecule has 0 bridgehead atoms. The minimum atomic E-state index is 0.348. The molecule has 0 aromatic heterocycles. The molecule has 0 heterocycles. The van der Waals surface area contributed by atoms with Crippen LogP contribution in [0.4, 0.5) is 5.69 Å². The fourth-order valence-corrected chi connectivity index (χ4v) is 2.00. The van der Waals surface area contributed by atoms with E-state index >= 15 is 0 Å². The van der Waals surface area contributed by atoms with Crippen molar-refractivity contribution in [3.8, 4) is 0 Å². The Kier molecular flexibility index (Phi) is 5.67. The highest BCUT2D eigenvalue weighted by atomic mass is 15.1. The van der Waals surface area contributed by atoms with Gasteiger partial charge >= 0.3 is 0 Å². The van der Waals surface area contributed by atoms with Crippen LogP contribution in [0.5, 0.6) is 0 Å². The predicted octanol–water partition coefficient (Wildman–Crippen LogP) is 3.67. The van der Waals surface area contributed by atoms with E-state index < -0.39 is 0 Å². The smallest absolute Gasteiger partial charge is 0.0366 e. The molecule has 0 atom stereocenters. The largest absolute Gasteiger partial charge is 0.372 e. The van der Waals surface area contributed by atoms with Crippen LogP contribution in [0.15, 0.2) is 24.3 Å². The highest BCUT2D eigenvalue weighted by Crippen LogP contribution is 2.15. The molecule has 0 saturated carbocycles. The Balaban J connectivity index is 2.50. The Bertz CT molecular complexity index is 331. The lowest BCUT2D eigenvalue weighted by molar-refractivity contribution is 0.379. The molecule has 0 fully saturated rings. The summed E-state index contributed by atoms with van der Waals surface area (Å²) in [5.41, 5.74) is 3.02. The van der Waals surface area contributed by atoms with Crippen molar-refractivity contribution in [1.29, 1.82) is 0 Å². The van der Waals surface area contributed by atoms with E-state index in [1.807, 2.05) is 0 Å². The van der Waals surface area contributed by atoms with Gasteiger partial charge in [-0.25, -0.2) is 0 Å². The van der Waals surface area contributed by atoms with E-state index in [1.165, 1.54) is 11.3 Å². The molecule has 1 aromatic rings. The average molecular weight is 248 g/mol. The molecule has 0 aliphatic carbocycles. The maximum absolute atomic E-state index is 3.50. The van der Waals surface area contributed by atoms with Gasteiger partial charge in [-0.2, -0.15) is 0 Å². The molecule has 1 rings (SSSR count). The molecule has 2 heteroatoms. The molecule has 0 spiro atoms. The van der Waals surface area contributed by atoms with E-state index in [2.05, 4.69) is 69.1 Å². The van der Waals surface area contributed by atoms with Crippen molar-refractivity contribution in [3.63, 3.8) is 0 Å². The number of anilines is 1. The van der Waals surface area contributed by atoms with Gasteiger partial charge in [0.15, 0.2) is 0 Å². The van der Waals surface area contributed by atoms with Gasteiger partial charge in [0.05, 0.1) is 0 Å². The van der Waals surface area contributed by atoms with Crippen molar-refractivity contribution in [1.82, 2.24) is 5.32 Å². The Morgan fingerprint density at radius 3 is 2.00 bits per heavy atom. The van der Waals surface area contributed by atoms with Crippen molar-refractivity contribution < 1.29 is 0 Å². The lowest BCUT2D eigenvalue weighted by Gasteiger charge is -2.21. The van der Waals surface area contributed by atoms with E-state index in [0.29, 0.717) is 5.41 Å². The summed E-state index contributed by atoms with van der Waals surface area (Å²) in [6.45, 7) is 15.3. The van der Waals surface area contributed by atoms with Gasteiger partial charge in [0, 0.05) is 31.9 Å². The van der Waals surface area contributed by atoms with Gasteiger partial charge in [0.1, 0.15) is 0 Å². The van der Waals surface area contributed by atoms with Gasteiger partial charge in [-0.1, -0.05) is 32.9 Å². The standard InChI is InChI=1S/C16H28N2/c1-6-18(7-2)15-10-8-14(9-11-15)12-17-13-16(3,4)5/h8-11,17H,6-7,12-13H2,1-5H3. The number of benzene rings is 1. The van der Waals surface area contributed by atoms with Gasteiger partial charge in [0.25, 0.3) is 0 Å². The Labute approximate surface area is 112 Å². The van der Waals surface area contributed by atoms with Crippen LogP contribution in [-0.2, 0) is 6.54 Å². The van der Waals surface area contributed by atoms with E-state index in [4.69, 9.17) is 0 Å². The Hall–Kier alpha value is -1.02. The molecular formula is C16H28N2. The van der Waals surface area contributed by atoms with Crippen LogP contribution in [0, 0.1) is 5.41 Å². The highest BCUT2D eigenvalue weighted by Gasteiger charge is 2.08. The first kappa shape index (κ1) is 15.0. The van der Waals surface area contributed by atoms with E-state index in [1.54, 1.807) is 0 Å². The topological polar surface area (TPSA) is 15.3 Å². The van der Waals surface area contributed by atoms with Gasteiger partial charge in [-0.05, 0) is 37.0 Å². The molecule has 0 saturated heterocycles. The second-order valence-electron chi connectivity index (χ2n) is 6.00. The average Bonchev–Trinajstić information content (AvgIpc) is 2.31. The first-order valence-electron chi connectivity index (χ1n) is 7.01. The third kappa shape index (κ3) is 5.09. The quantitative estimate of drug-likeness (QED) is 0.826. The van der Waals surface area contributed by atoms with Crippen molar-refractivity contribution >= 4 is 5.69 Å². The van der Waals surface area contributed by atoms with Crippen LogP contribution < -0.4 is 10.2 Å². The van der Waals surface area contributed by atoms with Crippen molar-refractivity contribution in [3.05, 3.63) is 29.8 Å². The SMILES string of the molecule is CCN(CC)c1ccc(CNCC(C)(C)C)cc1. The lowest BCUT2D eigenvalue weighted by Crippen LogP contribution is -2.26. The summed E-state index contributed by atoms with van der Waals surface area (Å²) in [6.07, 6.45) is 0. The summed E-state index contributed by atoms with van der Waals surface area (Å²) in [7, 11) is 0. The maximum atomic E-state index is 3.50. The monoisotopic (exact) mass is 248 g/mol. The Morgan fingerprint density at radius 1 is 1.00 bits per heavy atom. The normalized spacial score (nSPS) is 11.6. The molecule has 1 N–H and O–H groups in total. The van der Waals surface area contributed by atoms with Crippen LogP contribution in [0.2, 0.25) is 0 Å². The zero-order chi connectivity index (χ0) is 13.6. The van der Waals surface area contributed by atoms with Crippen molar-refractivity contribution in [2.75, 3.05) is 24.5 Å². The summed E-state index contributed by atoms with van der Waals surface area (Å²) in [5.74, 6) is 0. The fraction of sp³-hybridized carbons (Fsp3) is 0.625. The molecule has 102 valence electrons. The molecule has 0 unspecified atom stereocenters. The number of nitrogens with zero attached hydrogens (tertiary/aromatic N) is 1. The molecule has 0 aliphatic heterocycles. The first-order valence-corrected chi connectivity index (χ1v) is 7.01. The summed E-state index contributed by atoms with van der Waals surface area (Å²) < 4.78 is 0. The second-order valence-corrected chi connectivity index (χ2v) is 6.00. The Morgan fingerprint density at radius 2 is 1.56 bits per heavy atom. The molecule has 2 nitrogen and oxygen atoms in total. The number of nitrogens with one attached hydrogen (secondary N) is 1. The van der Waals surface area contributed by atoms with Crippen LogP contribution in [0.1, 0.15) is 40.2 Å². The van der Waals surface area contributed by atoms with Crippen LogP contribution in [0.25, 0.3) is 0 Å². The molecule has 18 heavy (non-hydrogen) atoms. The third-order valence-electron chi connectivity index (χ3n) is 3.05. The fourth-order valence-electron chi connectivity index (χ4n) is 2.00. The molecule has 0 amide bonds. The van der Waals surface area contributed by atoms with Gasteiger partial charge in [-0.15, -0.1) is 0 Å². The van der Waals surface area contributed by atoms with E-state index in [-0.39, 0.29) is 0 Å². The van der Waals surface area contributed by atoms with Gasteiger partial charge in [-0.3, -0.25) is 0 Å².